The van der Waals surface area contributed by atoms with Crippen LogP contribution >= 0.6 is 11.3 Å². The number of rotatable bonds is 5. The molecule has 24 heavy (non-hydrogen) atoms. The van der Waals surface area contributed by atoms with Gasteiger partial charge in [0.2, 0.25) is 0 Å². The highest BCUT2D eigenvalue weighted by Gasteiger charge is 2.34. The van der Waals surface area contributed by atoms with Crippen LogP contribution in [0.2, 0.25) is 0 Å². The first-order valence-electron chi connectivity index (χ1n) is 8.04. The Morgan fingerprint density at radius 3 is 3.00 bits per heavy atom. The zero-order valence-corrected chi connectivity index (χ0v) is 14.5. The van der Waals surface area contributed by atoms with Gasteiger partial charge in [0.05, 0.1) is 20.2 Å². The standard InChI is InChI=1S/C18H22N2O3S/c1-23-14-6-7-16-13(10-14)4-2-8-18(16,22)12-20-17(21)19-11-15-5-3-9-24-15/h3,5-7,9-10,22H,2,4,8,11-12H2,1H3,(H2,19,20,21). The first-order chi connectivity index (χ1) is 11.6. The van der Waals surface area contributed by atoms with Crippen LogP contribution in [0.1, 0.15) is 28.8 Å². The highest BCUT2D eigenvalue weighted by atomic mass is 32.1. The summed E-state index contributed by atoms with van der Waals surface area (Å²) in [6, 6.07) is 9.39. The Morgan fingerprint density at radius 2 is 2.25 bits per heavy atom. The number of thiophene rings is 1. The van der Waals surface area contributed by atoms with Gasteiger partial charge in [-0.05, 0) is 54.0 Å². The lowest BCUT2D eigenvalue weighted by molar-refractivity contribution is 0.0216. The predicted octanol–water partition coefficient (Wildman–Crippen LogP) is 2.78. The first kappa shape index (κ1) is 16.8. The van der Waals surface area contributed by atoms with E-state index in [1.54, 1.807) is 18.4 Å². The van der Waals surface area contributed by atoms with Crippen LogP contribution in [0.25, 0.3) is 0 Å². The van der Waals surface area contributed by atoms with Gasteiger partial charge in [-0.15, -0.1) is 11.3 Å². The Hall–Kier alpha value is -2.05. The van der Waals surface area contributed by atoms with Crippen LogP contribution in [0, 0.1) is 0 Å². The minimum Gasteiger partial charge on any atom is -0.497 e. The van der Waals surface area contributed by atoms with E-state index in [1.165, 1.54) is 0 Å². The third-order valence-corrected chi connectivity index (χ3v) is 5.27. The van der Waals surface area contributed by atoms with Gasteiger partial charge >= 0.3 is 6.03 Å². The molecular formula is C18H22N2O3S. The molecule has 1 aromatic heterocycles. The molecule has 0 radical (unpaired) electrons. The molecule has 1 heterocycles. The van der Waals surface area contributed by atoms with Gasteiger partial charge in [-0.25, -0.2) is 4.79 Å². The number of benzene rings is 1. The molecule has 0 spiro atoms. The molecule has 0 saturated carbocycles. The summed E-state index contributed by atoms with van der Waals surface area (Å²) < 4.78 is 5.25. The molecule has 1 aromatic carbocycles. The molecule has 3 rings (SSSR count). The minimum atomic E-state index is -1.03. The highest BCUT2D eigenvalue weighted by Crippen LogP contribution is 2.36. The minimum absolute atomic E-state index is 0.197. The number of fused-ring (bicyclic) bond motifs is 1. The number of amides is 2. The van der Waals surface area contributed by atoms with Crippen molar-refractivity contribution in [2.24, 2.45) is 0 Å². The fraction of sp³-hybridized carbons (Fsp3) is 0.389. The number of urea groups is 1. The van der Waals surface area contributed by atoms with Gasteiger partial charge in [-0.2, -0.15) is 0 Å². The molecule has 0 aliphatic heterocycles. The molecule has 0 fully saturated rings. The molecule has 3 N–H and O–H groups in total. The van der Waals surface area contributed by atoms with Crippen molar-refractivity contribution in [3.63, 3.8) is 0 Å². The number of hydrogen-bond acceptors (Lipinski definition) is 4. The molecule has 0 saturated heterocycles. The Kier molecular flexibility index (Phi) is 5.06. The van der Waals surface area contributed by atoms with E-state index in [1.807, 2.05) is 35.7 Å². The summed E-state index contributed by atoms with van der Waals surface area (Å²) in [4.78, 5) is 13.1. The van der Waals surface area contributed by atoms with Crippen molar-refractivity contribution in [1.29, 1.82) is 0 Å². The molecule has 128 valence electrons. The van der Waals surface area contributed by atoms with Crippen LogP contribution in [0.15, 0.2) is 35.7 Å². The van der Waals surface area contributed by atoms with E-state index in [0.717, 1.165) is 34.6 Å². The van der Waals surface area contributed by atoms with Gasteiger partial charge in [-0.1, -0.05) is 12.1 Å². The maximum absolute atomic E-state index is 12.0. The van der Waals surface area contributed by atoms with Crippen LogP contribution in [0.3, 0.4) is 0 Å². The predicted molar refractivity (Wildman–Crippen MR) is 94.4 cm³/mol. The van der Waals surface area contributed by atoms with Gasteiger partial charge in [0.15, 0.2) is 0 Å². The van der Waals surface area contributed by atoms with Gasteiger partial charge in [0.1, 0.15) is 11.4 Å². The topological polar surface area (TPSA) is 70.6 Å². The summed E-state index contributed by atoms with van der Waals surface area (Å²) in [5.41, 5.74) is 0.942. The largest absolute Gasteiger partial charge is 0.497 e. The van der Waals surface area contributed by atoms with Gasteiger partial charge in [0, 0.05) is 4.88 Å². The Bertz CT molecular complexity index is 702. The second-order valence-electron chi connectivity index (χ2n) is 6.02. The van der Waals surface area contributed by atoms with Crippen molar-refractivity contribution in [3.05, 3.63) is 51.7 Å². The Labute approximate surface area is 145 Å². The molecule has 2 aromatic rings. The number of nitrogens with one attached hydrogen (secondary N) is 2. The second kappa shape index (κ2) is 7.23. The van der Waals surface area contributed by atoms with E-state index in [4.69, 9.17) is 4.74 Å². The fourth-order valence-corrected chi connectivity index (χ4v) is 3.76. The van der Waals surface area contributed by atoms with Crippen LogP contribution in [0.5, 0.6) is 5.75 Å². The number of aryl methyl sites for hydroxylation is 1. The van der Waals surface area contributed by atoms with E-state index >= 15 is 0 Å². The molecule has 6 heteroatoms. The van der Waals surface area contributed by atoms with Gasteiger partial charge in [-0.3, -0.25) is 0 Å². The zero-order chi connectivity index (χ0) is 17.0. The third-order valence-electron chi connectivity index (χ3n) is 4.39. The van der Waals surface area contributed by atoms with Crippen LogP contribution in [0.4, 0.5) is 4.79 Å². The molecule has 1 unspecified atom stereocenters. The Balaban J connectivity index is 1.61. The lowest BCUT2D eigenvalue weighted by Gasteiger charge is -2.34. The number of hydrogen-bond donors (Lipinski definition) is 3. The average Bonchev–Trinajstić information content (AvgIpc) is 3.11. The molecule has 1 aliphatic rings. The van der Waals surface area contributed by atoms with Crippen molar-refractivity contribution in [1.82, 2.24) is 10.6 Å². The maximum atomic E-state index is 12.0. The molecule has 1 atom stereocenters. The van der Waals surface area contributed by atoms with Gasteiger partial charge in [0.25, 0.3) is 0 Å². The van der Waals surface area contributed by atoms with Gasteiger partial charge < -0.3 is 20.5 Å². The Morgan fingerprint density at radius 1 is 1.38 bits per heavy atom. The summed E-state index contributed by atoms with van der Waals surface area (Å²) in [6.07, 6.45) is 2.44. The summed E-state index contributed by atoms with van der Waals surface area (Å²) in [5, 5.41) is 18.6. The SMILES string of the molecule is COc1ccc2c(c1)CCCC2(O)CNC(=O)NCc1cccs1. The molecule has 5 nitrogen and oxygen atoms in total. The smallest absolute Gasteiger partial charge is 0.315 e. The first-order valence-corrected chi connectivity index (χ1v) is 8.92. The molecular weight excluding hydrogens is 324 g/mol. The van der Waals surface area contributed by atoms with Crippen molar-refractivity contribution in [2.75, 3.05) is 13.7 Å². The second-order valence-corrected chi connectivity index (χ2v) is 7.06. The van der Waals surface area contributed by atoms with Crippen molar-refractivity contribution >= 4 is 17.4 Å². The molecule has 0 bridgehead atoms. The van der Waals surface area contributed by atoms with Crippen LogP contribution < -0.4 is 15.4 Å². The number of carbonyl (C=O) groups excluding carboxylic acids is 1. The normalized spacial score (nSPS) is 19.4. The van der Waals surface area contributed by atoms with E-state index in [0.29, 0.717) is 13.0 Å². The van der Waals surface area contributed by atoms with Crippen LogP contribution in [-0.4, -0.2) is 24.8 Å². The number of carbonyl (C=O) groups is 1. The lowest BCUT2D eigenvalue weighted by atomic mass is 9.79. The monoisotopic (exact) mass is 346 g/mol. The quantitative estimate of drug-likeness (QED) is 0.780. The van der Waals surface area contributed by atoms with Crippen molar-refractivity contribution < 1.29 is 14.6 Å². The van der Waals surface area contributed by atoms with Crippen LogP contribution in [-0.2, 0) is 18.6 Å². The number of aliphatic hydroxyl groups is 1. The van der Waals surface area contributed by atoms with E-state index in [2.05, 4.69) is 10.6 Å². The average molecular weight is 346 g/mol. The lowest BCUT2D eigenvalue weighted by Crippen LogP contribution is -2.46. The summed E-state index contributed by atoms with van der Waals surface area (Å²) in [6.45, 7) is 0.693. The van der Waals surface area contributed by atoms with E-state index < -0.39 is 5.60 Å². The number of ether oxygens (including phenoxy) is 1. The van der Waals surface area contributed by atoms with Crippen molar-refractivity contribution in [2.45, 2.75) is 31.4 Å². The molecule has 2 amide bonds. The van der Waals surface area contributed by atoms with E-state index in [-0.39, 0.29) is 12.6 Å². The zero-order valence-electron chi connectivity index (χ0n) is 13.7. The van der Waals surface area contributed by atoms with Crippen molar-refractivity contribution in [3.8, 4) is 5.75 Å². The highest BCUT2D eigenvalue weighted by molar-refractivity contribution is 7.09. The maximum Gasteiger partial charge on any atom is 0.315 e. The third kappa shape index (κ3) is 3.71. The fourth-order valence-electron chi connectivity index (χ4n) is 3.12. The summed E-state index contributed by atoms with van der Waals surface area (Å²) in [5.74, 6) is 0.791. The van der Waals surface area contributed by atoms with E-state index in [9.17, 15) is 9.90 Å². The summed E-state index contributed by atoms with van der Waals surface area (Å²) in [7, 11) is 1.64. The number of methoxy groups -OCH3 is 1. The summed E-state index contributed by atoms with van der Waals surface area (Å²) >= 11 is 1.60. The molecule has 1 aliphatic carbocycles.